The van der Waals surface area contributed by atoms with E-state index in [1.54, 1.807) is 0 Å². The molecule has 1 aromatic rings. The first-order valence-electron chi connectivity index (χ1n) is 3.14. The average molecular weight is 191 g/mol. The molecule has 6 heteroatoms. The SMILES string of the molecule is COc1ccc([N+](=O)[O-])c([O-])c1.[Na+]. The van der Waals surface area contributed by atoms with Crippen molar-refractivity contribution in [3.63, 3.8) is 0 Å². The second-order valence-electron chi connectivity index (χ2n) is 2.09. The summed E-state index contributed by atoms with van der Waals surface area (Å²) in [5.74, 6) is -0.315. The standard InChI is InChI=1S/C7H7NO4.Na/c1-12-5-2-3-6(8(10)11)7(9)4-5;/h2-4,9H,1H3;/q;+1/p-1. The van der Waals surface area contributed by atoms with E-state index in [0.29, 0.717) is 5.75 Å². The smallest absolute Gasteiger partial charge is 0.868 e. The summed E-state index contributed by atoms with van der Waals surface area (Å²) < 4.78 is 4.71. The molecule has 0 fully saturated rings. The summed E-state index contributed by atoms with van der Waals surface area (Å²) in [4.78, 5) is 9.47. The fraction of sp³-hybridized carbons (Fsp3) is 0.143. The van der Waals surface area contributed by atoms with Gasteiger partial charge in [-0.25, -0.2) is 0 Å². The summed E-state index contributed by atoms with van der Waals surface area (Å²) in [6.07, 6.45) is 0. The molecule has 0 saturated heterocycles. The Morgan fingerprint density at radius 3 is 2.46 bits per heavy atom. The van der Waals surface area contributed by atoms with Crippen LogP contribution < -0.4 is 39.4 Å². The van der Waals surface area contributed by atoms with Crippen LogP contribution in [0.4, 0.5) is 5.69 Å². The van der Waals surface area contributed by atoms with Crippen molar-refractivity contribution >= 4 is 5.69 Å². The van der Waals surface area contributed by atoms with Crippen LogP contribution >= 0.6 is 0 Å². The molecule has 0 aliphatic heterocycles. The van der Waals surface area contributed by atoms with Crippen molar-refractivity contribution in [2.24, 2.45) is 0 Å². The average Bonchev–Trinajstić information content (AvgIpc) is 2.03. The normalized spacial score (nSPS) is 8.69. The second kappa shape index (κ2) is 5.06. The Kier molecular flexibility index (Phi) is 4.76. The van der Waals surface area contributed by atoms with E-state index in [4.69, 9.17) is 4.74 Å². The Labute approximate surface area is 96.8 Å². The molecule has 1 aromatic carbocycles. The summed E-state index contributed by atoms with van der Waals surface area (Å²) in [5, 5.41) is 21.1. The number of ether oxygens (including phenoxy) is 1. The van der Waals surface area contributed by atoms with Crippen LogP contribution in [-0.2, 0) is 0 Å². The van der Waals surface area contributed by atoms with Crippen molar-refractivity contribution in [2.75, 3.05) is 7.11 Å². The quantitative estimate of drug-likeness (QED) is 0.299. The summed E-state index contributed by atoms with van der Waals surface area (Å²) in [7, 11) is 1.39. The van der Waals surface area contributed by atoms with Crippen LogP contribution in [0.15, 0.2) is 18.2 Å². The zero-order chi connectivity index (χ0) is 9.14. The first kappa shape index (κ1) is 12.2. The molecule has 0 aromatic heterocycles. The predicted octanol–water partition coefficient (Wildman–Crippen LogP) is -2.32. The predicted molar refractivity (Wildman–Crippen MR) is 39.1 cm³/mol. The van der Waals surface area contributed by atoms with Crippen molar-refractivity contribution in [3.8, 4) is 11.5 Å². The molecule has 64 valence electrons. The van der Waals surface area contributed by atoms with Gasteiger partial charge < -0.3 is 9.84 Å². The summed E-state index contributed by atoms with van der Waals surface area (Å²) in [6.45, 7) is 0. The van der Waals surface area contributed by atoms with Gasteiger partial charge in [-0.2, -0.15) is 0 Å². The van der Waals surface area contributed by atoms with Crippen LogP contribution in [-0.4, -0.2) is 12.0 Å². The number of rotatable bonds is 2. The molecule has 0 aliphatic carbocycles. The van der Waals surface area contributed by atoms with Crippen molar-refractivity contribution in [1.82, 2.24) is 0 Å². The number of nitro groups is 1. The Hall–Kier alpha value is -0.780. The minimum Gasteiger partial charge on any atom is -0.868 e. The third-order valence-electron chi connectivity index (χ3n) is 1.36. The van der Waals surface area contributed by atoms with Gasteiger partial charge in [-0.15, -0.1) is 0 Å². The molecular weight excluding hydrogens is 185 g/mol. The van der Waals surface area contributed by atoms with Crippen molar-refractivity contribution in [2.45, 2.75) is 0 Å². The number of nitro benzene ring substituents is 1. The van der Waals surface area contributed by atoms with E-state index in [9.17, 15) is 15.2 Å². The topological polar surface area (TPSA) is 75.4 Å². The summed E-state index contributed by atoms with van der Waals surface area (Å²) >= 11 is 0. The Morgan fingerprint density at radius 2 is 2.08 bits per heavy atom. The summed E-state index contributed by atoms with van der Waals surface area (Å²) in [6, 6.07) is 3.58. The van der Waals surface area contributed by atoms with Gasteiger partial charge in [0.1, 0.15) is 5.75 Å². The van der Waals surface area contributed by atoms with Gasteiger partial charge in [0.05, 0.1) is 12.0 Å². The van der Waals surface area contributed by atoms with E-state index in [1.165, 1.54) is 13.2 Å². The minimum atomic E-state index is -0.720. The Morgan fingerprint density at radius 1 is 1.46 bits per heavy atom. The van der Waals surface area contributed by atoms with Crippen LogP contribution in [0.1, 0.15) is 0 Å². The van der Waals surface area contributed by atoms with Gasteiger partial charge in [-0.3, -0.25) is 10.1 Å². The fourth-order valence-corrected chi connectivity index (χ4v) is 0.772. The molecule has 13 heavy (non-hydrogen) atoms. The van der Waals surface area contributed by atoms with Gasteiger partial charge in [0.2, 0.25) is 0 Å². The van der Waals surface area contributed by atoms with E-state index >= 15 is 0 Å². The van der Waals surface area contributed by atoms with Gasteiger partial charge in [0, 0.05) is 6.07 Å². The molecule has 0 aliphatic rings. The van der Waals surface area contributed by atoms with Crippen molar-refractivity contribution in [1.29, 1.82) is 0 Å². The van der Waals surface area contributed by atoms with Gasteiger partial charge in [0.15, 0.2) is 0 Å². The Balaban J connectivity index is 0.00000144. The molecule has 0 unspecified atom stereocenters. The van der Waals surface area contributed by atoms with E-state index in [-0.39, 0.29) is 29.6 Å². The maximum atomic E-state index is 10.9. The van der Waals surface area contributed by atoms with Crippen LogP contribution in [0.25, 0.3) is 0 Å². The fourth-order valence-electron chi connectivity index (χ4n) is 0.772. The number of methoxy groups -OCH3 is 1. The monoisotopic (exact) mass is 191 g/mol. The number of nitrogens with zero attached hydrogens (tertiary/aromatic N) is 1. The van der Waals surface area contributed by atoms with Crippen molar-refractivity contribution < 1.29 is 44.3 Å². The molecule has 5 nitrogen and oxygen atoms in total. The van der Waals surface area contributed by atoms with E-state index in [1.807, 2.05) is 0 Å². The Bertz CT molecular complexity index is 315. The number of hydrogen-bond donors (Lipinski definition) is 0. The molecule has 1 rings (SSSR count). The van der Waals surface area contributed by atoms with E-state index in [0.717, 1.165) is 12.1 Å². The van der Waals surface area contributed by atoms with Crippen LogP contribution in [0.2, 0.25) is 0 Å². The third-order valence-corrected chi connectivity index (χ3v) is 1.36. The number of benzene rings is 1. The first-order valence-corrected chi connectivity index (χ1v) is 3.14. The first-order chi connectivity index (χ1) is 5.65. The molecule has 0 N–H and O–H groups in total. The zero-order valence-corrected chi connectivity index (χ0v) is 9.31. The van der Waals surface area contributed by atoms with Gasteiger partial charge >= 0.3 is 29.6 Å². The summed E-state index contributed by atoms with van der Waals surface area (Å²) in [5.41, 5.74) is -0.434. The van der Waals surface area contributed by atoms with Gasteiger partial charge in [-0.1, -0.05) is 0 Å². The van der Waals surface area contributed by atoms with E-state index < -0.39 is 16.4 Å². The molecule has 0 spiro atoms. The molecule has 0 heterocycles. The third kappa shape index (κ3) is 2.87. The molecule has 0 atom stereocenters. The zero-order valence-electron chi connectivity index (χ0n) is 7.31. The number of hydrogen-bond acceptors (Lipinski definition) is 4. The molecule has 0 radical (unpaired) electrons. The van der Waals surface area contributed by atoms with Crippen LogP contribution in [0.3, 0.4) is 0 Å². The maximum absolute atomic E-state index is 10.9. The van der Waals surface area contributed by atoms with E-state index in [2.05, 4.69) is 0 Å². The minimum absolute atomic E-state index is 0. The van der Waals surface area contributed by atoms with Crippen LogP contribution in [0.5, 0.6) is 11.5 Å². The largest absolute Gasteiger partial charge is 1.00 e. The van der Waals surface area contributed by atoms with Crippen LogP contribution in [0, 0.1) is 10.1 Å². The van der Waals surface area contributed by atoms with Gasteiger partial charge in [-0.05, 0) is 17.9 Å². The molecule has 0 saturated carbocycles. The maximum Gasteiger partial charge on any atom is 1.00 e. The second-order valence-corrected chi connectivity index (χ2v) is 2.09. The molecule has 0 amide bonds. The molecular formula is C7H6NNaO4. The van der Waals surface area contributed by atoms with Gasteiger partial charge in [0.25, 0.3) is 5.69 Å². The van der Waals surface area contributed by atoms with Crippen molar-refractivity contribution in [3.05, 3.63) is 28.3 Å². The molecule has 0 bridgehead atoms.